The third-order valence-electron chi connectivity index (χ3n) is 2.84. The molecule has 18 heavy (non-hydrogen) atoms. The molecule has 98 valence electrons. The van der Waals surface area contributed by atoms with E-state index in [9.17, 15) is 4.79 Å². The van der Waals surface area contributed by atoms with Gasteiger partial charge in [-0.05, 0) is 37.1 Å². The van der Waals surface area contributed by atoms with Crippen molar-refractivity contribution in [3.05, 3.63) is 35.9 Å². The van der Waals surface area contributed by atoms with Crippen molar-refractivity contribution >= 4 is 17.7 Å². The molecule has 0 heterocycles. The third-order valence-corrected chi connectivity index (χ3v) is 2.84. The van der Waals surface area contributed by atoms with Gasteiger partial charge in [0.25, 0.3) is 0 Å². The van der Waals surface area contributed by atoms with E-state index in [4.69, 9.17) is 0 Å². The molecule has 1 aromatic carbocycles. The van der Waals surface area contributed by atoms with E-state index in [2.05, 4.69) is 12.2 Å². The third kappa shape index (κ3) is 4.62. The van der Waals surface area contributed by atoms with Crippen LogP contribution in [0.4, 0.5) is 5.69 Å². The van der Waals surface area contributed by atoms with Gasteiger partial charge in [-0.15, -0.1) is 0 Å². The van der Waals surface area contributed by atoms with Crippen molar-refractivity contribution in [2.24, 2.45) is 0 Å². The molecular formula is C15H22N2O. The molecule has 1 N–H and O–H groups in total. The zero-order valence-corrected chi connectivity index (χ0v) is 11.6. The zero-order chi connectivity index (χ0) is 13.5. The molecular weight excluding hydrogens is 224 g/mol. The molecule has 0 aliphatic rings. The number of hydrogen-bond donors (Lipinski definition) is 1. The Kier molecular flexibility index (Phi) is 5.43. The van der Waals surface area contributed by atoms with Crippen molar-refractivity contribution in [3.63, 3.8) is 0 Å². The van der Waals surface area contributed by atoms with Gasteiger partial charge in [-0.2, -0.15) is 0 Å². The minimum atomic E-state index is -0.0407. The van der Waals surface area contributed by atoms with Crippen molar-refractivity contribution in [3.8, 4) is 0 Å². The quantitative estimate of drug-likeness (QED) is 0.810. The summed E-state index contributed by atoms with van der Waals surface area (Å²) in [4.78, 5) is 13.6. The van der Waals surface area contributed by atoms with Crippen LogP contribution < -0.4 is 10.2 Å². The second kappa shape index (κ2) is 6.84. The van der Waals surface area contributed by atoms with Crippen molar-refractivity contribution < 1.29 is 4.79 Å². The molecule has 0 bridgehead atoms. The fourth-order valence-electron chi connectivity index (χ4n) is 1.45. The van der Waals surface area contributed by atoms with Crippen LogP contribution in [-0.4, -0.2) is 26.0 Å². The van der Waals surface area contributed by atoms with Gasteiger partial charge in [-0.1, -0.05) is 19.1 Å². The van der Waals surface area contributed by atoms with E-state index in [1.165, 1.54) is 0 Å². The summed E-state index contributed by atoms with van der Waals surface area (Å²) in [5, 5.41) is 2.90. The molecule has 0 fully saturated rings. The highest BCUT2D eigenvalue weighted by Gasteiger charge is 2.01. The largest absolute Gasteiger partial charge is 0.378 e. The minimum Gasteiger partial charge on any atom is -0.378 e. The number of amides is 1. The van der Waals surface area contributed by atoms with Crippen molar-refractivity contribution in [2.75, 3.05) is 19.0 Å². The van der Waals surface area contributed by atoms with Gasteiger partial charge in [-0.3, -0.25) is 4.79 Å². The predicted octanol–water partition coefficient (Wildman–Crippen LogP) is 2.68. The Morgan fingerprint density at radius 1 is 1.33 bits per heavy atom. The van der Waals surface area contributed by atoms with Gasteiger partial charge < -0.3 is 10.2 Å². The van der Waals surface area contributed by atoms with E-state index in [-0.39, 0.29) is 11.9 Å². The maximum absolute atomic E-state index is 11.6. The summed E-state index contributed by atoms with van der Waals surface area (Å²) in [6.45, 7) is 4.05. The molecule has 0 aromatic heterocycles. The number of nitrogens with zero attached hydrogens (tertiary/aromatic N) is 1. The van der Waals surface area contributed by atoms with Crippen LogP contribution >= 0.6 is 0 Å². The lowest BCUT2D eigenvalue weighted by atomic mass is 10.2. The van der Waals surface area contributed by atoms with Crippen LogP contribution in [-0.2, 0) is 4.79 Å². The second-order valence-electron chi connectivity index (χ2n) is 4.64. The predicted molar refractivity (Wildman–Crippen MR) is 77.7 cm³/mol. The number of benzene rings is 1. The fourth-order valence-corrected chi connectivity index (χ4v) is 1.45. The first-order valence-electron chi connectivity index (χ1n) is 6.29. The normalized spacial score (nSPS) is 12.4. The number of anilines is 1. The highest BCUT2D eigenvalue weighted by atomic mass is 16.1. The summed E-state index contributed by atoms with van der Waals surface area (Å²) < 4.78 is 0. The number of nitrogens with one attached hydrogen (secondary N) is 1. The Morgan fingerprint density at radius 2 is 1.94 bits per heavy atom. The highest BCUT2D eigenvalue weighted by Crippen LogP contribution is 2.12. The average Bonchev–Trinajstić information content (AvgIpc) is 2.36. The van der Waals surface area contributed by atoms with E-state index in [1.54, 1.807) is 6.08 Å². The first-order valence-corrected chi connectivity index (χ1v) is 6.29. The van der Waals surface area contributed by atoms with Crippen LogP contribution in [0.1, 0.15) is 25.8 Å². The van der Waals surface area contributed by atoms with Gasteiger partial charge in [0.05, 0.1) is 0 Å². The van der Waals surface area contributed by atoms with Crippen molar-refractivity contribution in [1.82, 2.24) is 5.32 Å². The fraction of sp³-hybridized carbons (Fsp3) is 0.400. The topological polar surface area (TPSA) is 32.3 Å². The standard InChI is InChI=1S/C15H22N2O/c1-5-12(2)16-15(18)11-8-13-6-9-14(10-7-13)17(3)4/h6-12H,5H2,1-4H3,(H,16,18)/b11-8+/t12-/m0/s1. The van der Waals surface area contributed by atoms with E-state index in [0.29, 0.717) is 0 Å². The maximum atomic E-state index is 11.6. The van der Waals surface area contributed by atoms with E-state index in [0.717, 1.165) is 17.7 Å². The number of hydrogen-bond acceptors (Lipinski definition) is 2. The van der Waals surface area contributed by atoms with Crippen molar-refractivity contribution in [1.29, 1.82) is 0 Å². The molecule has 0 unspecified atom stereocenters. The first kappa shape index (κ1) is 14.3. The molecule has 0 saturated carbocycles. The minimum absolute atomic E-state index is 0.0407. The second-order valence-corrected chi connectivity index (χ2v) is 4.64. The average molecular weight is 246 g/mol. The summed E-state index contributed by atoms with van der Waals surface area (Å²) in [7, 11) is 4.01. The van der Waals surface area contributed by atoms with Crippen LogP contribution in [0.3, 0.4) is 0 Å². The molecule has 0 aliphatic heterocycles. The van der Waals surface area contributed by atoms with Crippen LogP contribution in [0.2, 0.25) is 0 Å². The van der Waals surface area contributed by atoms with Gasteiger partial charge in [0.15, 0.2) is 0 Å². The molecule has 1 atom stereocenters. The van der Waals surface area contributed by atoms with E-state index < -0.39 is 0 Å². The van der Waals surface area contributed by atoms with Crippen LogP contribution in [0, 0.1) is 0 Å². The number of rotatable bonds is 5. The first-order chi connectivity index (χ1) is 8.52. The molecule has 1 amide bonds. The number of carbonyl (C=O) groups is 1. The van der Waals surface area contributed by atoms with Crippen molar-refractivity contribution in [2.45, 2.75) is 26.3 Å². The molecule has 3 nitrogen and oxygen atoms in total. The SMILES string of the molecule is CC[C@H](C)NC(=O)/C=C/c1ccc(N(C)C)cc1. The summed E-state index contributed by atoms with van der Waals surface area (Å²) in [5.74, 6) is -0.0407. The smallest absolute Gasteiger partial charge is 0.244 e. The van der Waals surface area contributed by atoms with Gasteiger partial charge in [0, 0.05) is 31.9 Å². The van der Waals surface area contributed by atoms with Gasteiger partial charge in [0.2, 0.25) is 5.91 Å². The summed E-state index contributed by atoms with van der Waals surface area (Å²) in [6.07, 6.45) is 4.35. The zero-order valence-electron chi connectivity index (χ0n) is 11.6. The Morgan fingerprint density at radius 3 is 2.44 bits per heavy atom. The molecule has 0 aliphatic carbocycles. The van der Waals surface area contributed by atoms with Gasteiger partial charge >= 0.3 is 0 Å². The number of carbonyl (C=O) groups excluding carboxylic acids is 1. The maximum Gasteiger partial charge on any atom is 0.244 e. The lowest BCUT2D eigenvalue weighted by Gasteiger charge is -2.11. The highest BCUT2D eigenvalue weighted by molar-refractivity contribution is 5.91. The lowest BCUT2D eigenvalue weighted by Crippen LogP contribution is -2.30. The van der Waals surface area contributed by atoms with Gasteiger partial charge in [0.1, 0.15) is 0 Å². The molecule has 1 aromatic rings. The molecule has 1 rings (SSSR count). The van der Waals surface area contributed by atoms with Crippen LogP contribution in [0.5, 0.6) is 0 Å². The summed E-state index contributed by atoms with van der Waals surface area (Å²) in [5.41, 5.74) is 2.18. The summed E-state index contributed by atoms with van der Waals surface area (Å²) in [6, 6.07) is 8.29. The molecule has 0 saturated heterocycles. The Balaban J connectivity index is 2.59. The Labute approximate surface area is 109 Å². The Hall–Kier alpha value is -1.77. The summed E-state index contributed by atoms with van der Waals surface area (Å²) >= 11 is 0. The van der Waals surface area contributed by atoms with Gasteiger partial charge in [-0.25, -0.2) is 0 Å². The molecule has 0 spiro atoms. The monoisotopic (exact) mass is 246 g/mol. The van der Waals surface area contributed by atoms with E-state index >= 15 is 0 Å². The molecule has 0 radical (unpaired) electrons. The molecule has 3 heteroatoms. The lowest BCUT2D eigenvalue weighted by molar-refractivity contribution is -0.117. The Bertz CT molecular complexity index is 407. The van der Waals surface area contributed by atoms with E-state index in [1.807, 2.05) is 56.3 Å². The van der Waals surface area contributed by atoms with Crippen LogP contribution in [0.25, 0.3) is 6.08 Å². The van der Waals surface area contributed by atoms with Crippen LogP contribution in [0.15, 0.2) is 30.3 Å².